The molecule has 0 aliphatic carbocycles. The molecule has 0 bridgehead atoms. The number of aromatic nitrogens is 2. The number of nitrogens with zero attached hydrogens (tertiary/aromatic N) is 4. The van der Waals surface area contributed by atoms with E-state index in [0.717, 1.165) is 30.4 Å². The maximum absolute atomic E-state index is 4.88. The Morgan fingerprint density at radius 2 is 2.30 bits per heavy atom. The molecule has 3 heterocycles. The van der Waals surface area contributed by atoms with Crippen LogP contribution >= 0.6 is 11.3 Å². The third-order valence-corrected chi connectivity index (χ3v) is 4.76. The molecule has 110 valence electrons. The van der Waals surface area contributed by atoms with Gasteiger partial charge in [0.15, 0.2) is 10.8 Å². The number of fused-ring (bicyclic) bond motifs is 1. The first-order valence-electron chi connectivity index (χ1n) is 7.25. The van der Waals surface area contributed by atoms with Crippen LogP contribution in [0.3, 0.4) is 0 Å². The molecule has 1 unspecified atom stereocenters. The highest BCUT2D eigenvalue weighted by molar-refractivity contribution is 7.15. The van der Waals surface area contributed by atoms with Gasteiger partial charge in [0, 0.05) is 37.3 Å². The summed E-state index contributed by atoms with van der Waals surface area (Å²) < 4.78 is 2.22. The SMILES string of the molecule is CNCc1c(N2CCCN(C)CC2C)nc2sccn12. The van der Waals surface area contributed by atoms with Crippen molar-refractivity contribution in [2.24, 2.45) is 0 Å². The van der Waals surface area contributed by atoms with Crippen molar-refractivity contribution >= 4 is 22.1 Å². The Bertz CT molecular complexity index is 575. The summed E-state index contributed by atoms with van der Waals surface area (Å²) in [5.41, 5.74) is 1.28. The van der Waals surface area contributed by atoms with Gasteiger partial charge in [-0.2, -0.15) is 0 Å². The maximum Gasteiger partial charge on any atom is 0.195 e. The lowest BCUT2D eigenvalue weighted by Crippen LogP contribution is -2.38. The molecule has 0 saturated carbocycles. The molecule has 1 saturated heterocycles. The van der Waals surface area contributed by atoms with Gasteiger partial charge in [0.25, 0.3) is 0 Å². The van der Waals surface area contributed by atoms with Crippen LogP contribution in [0.25, 0.3) is 4.96 Å². The Morgan fingerprint density at radius 3 is 3.10 bits per heavy atom. The standard InChI is InChI=1S/C14H23N5S/c1-11-10-17(3)5-4-6-18(11)13-12(9-15-2)19-7-8-20-14(19)16-13/h7-8,11,15H,4-6,9-10H2,1-3H3. The lowest BCUT2D eigenvalue weighted by Gasteiger charge is -2.29. The Kier molecular flexibility index (Phi) is 3.96. The van der Waals surface area contributed by atoms with Gasteiger partial charge in [-0.3, -0.25) is 4.40 Å². The fourth-order valence-corrected chi connectivity index (χ4v) is 3.80. The molecule has 0 aromatic carbocycles. The minimum Gasteiger partial charge on any atom is -0.351 e. The van der Waals surface area contributed by atoms with E-state index in [2.05, 4.69) is 45.1 Å². The van der Waals surface area contributed by atoms with Crippen molar-refractivity contribution < 1.29 is 0 Å². The van der Waals surface area contributed by atoms with Crippen LogP contribution in [-0.4, -0.2) is 54.1 Å². The zero-order valence-corrected chi connectivity index (χ0v) is 13.3. The van der Waals surface area contributed by atoms with Crippen LogP contribution in [0.1, 0.15) is 19.0 Å². The number of rotatable bonds is 3. The first-order chi connectivity index (χ1) is 9.70. The predicted octanol–water partition coefficient (Wildman–Crippen LogP) is 1.65. The maximum atomic E-state index is 4.88. The van der Waals surface area contributed by atoms with Crippen molar-refractivity contribution in [2.75, 3.05) is 38.6 Å². The van der Waals surface area contributed by atoms with Gasteiger partial charge < -0.3 is 15.1 Å². The summed E-state index contributed by atoms with van der Waals surface area (Å²) in [6.07, 6.45) is 3.32. The average molecular weight is 293 g/mol. The summed E-state index contributed by atoms with van der Waals surface area (Å²) in [5.74, 6) is 1.16. The van der Waals surface area contributed by atoms with E-state index in [1.807, 2.05) is 7.05 Å². The second-order valence-electron chi connectivity index (χ2n) is 5.63. The van der Waals surface area contributed by atoms with Crippen molar-refractivity contribution in [3.05, 3.63) is 17.3 Å². The summed E-state index contributed by atoms with van der Waals surface area (Å²) in [6, 6.07) is 0.503. The van der Waals surface area contributed by atoms with Crippen LogP contribution in [-0.2, 0) is 6.54 Å². The summed E-state index contributed by atoms with van der Waals surface area (Å²) >= 11 is 1.71. The molecule has 2 aromatic rings. The van der Waals surface area contributed by atoms with Crippen LogP contribution in [0.4, 0.5) is 5.82 Å². The molecule has 0 radical (unpaired) electrons. The van der Waals surface area contributed by atoms with Crippen molar-refractivity contribution in [3.8, 4) is 0 Å². The van der Waals surface area contributed by atoms with Gasteiger partial charge in [-0.05, 0) is 34.0 Å². The van der Waals surface area contributed by atoms with Crippen molar-refractivity contribution in [3.63, 3.8) is 0 Å². The van der Waals surface area contributed by atoms with Gasteiger partial charge in [-0.25, -0.2) is 4.98 Å². The molecule has 1 N–H and O–H groups in total. The highest BCUT2D eigenvalue weighted by Gasteiger charge is 2.25. The molecular weight excluding hydrogens is 270 g/mol. The topological polar surface area (TPSA) is 35.8 Å². The summed E-state index contributed by atoms with van der Waals surface area (Å²) in [7, 11) is 4.20. The largest absolute Gasteiger partial charge is 0.351 e. The number of nitrogens with one attached hydrogen (secondary N) is 1. The van der Waals surface area contributed by atoms with E-state index in [1.165, 1.54) is 18.7 Å². The highest BCUT2D eigenvalue weighted by atomic mass is 32.1. The zero-order chi connectivity index (χ0) is 14.1. The summed E-state index contributed by atoms with van der Waals surface area (Å²) in [4.78, 5) is 10.9. The lowest BCUT2D eigenvalue weighted by atomic mass is 10.2. The van der Waals surface area contributed by atoms with Gasteiger partial charge in [-0.15, -0.1) is 11.3 Å². The molecule has 5 nitrogen and oxygen atoms in total. The highest BCUT2D eigenvalue weighted by Crippen LogP contribution is 2.27. The molecule has 3 rings (SSSR count). The molecule has 1 aliphatic rings. The number of likely N-dealkylation sites (N-methyl/N-ethyl adjacent to an activating group) is 1. The van der Waals surface area contributed by atoms with Crippen LogP contribution in [0.15, 0.2) is 11.6 Å². The van der Waals surface area contributed by atoms with Gasteiger partial charge in [-0.1, -0.05) is 0 Å². The van der Waals surface area contributed by atoms with E-state index in [-0.39, 0.29) is 0 Å². The predicted molar refractivity (Wildman–Crippen MR) is 84.8 cm³/mol. The molecule has 1 aliphatic heterocycles. The fourth-order valence-electron chi connectivity index (χ4n) is 3.07. The lowest BCUT2D eigenvalue weighted by molar-refractivity contribution is 0.337. The van der Waals surface area contributed by atoms with E-state index < -0.39 is 0 Å². The normalized spacial score (nSPS) is 21.6. The van der Waals surface area contributed by atoms with E-state index in [1.54, 1.807) is 11.3 Å². The third kappa shape index (κ3) is 2.43. The van der Waals surface area contributed by atoms with Gasteiger partial charge >= 0.3 is 0 Å². The summed E-state index contributed by atoms with van der Waals surface area (Å²) in [5, 5.41) is 5.38. The van der Waals surface area contributed by atoms with Gasteiger partial charge in [0.1, 0.15) is 0 Å². The van der Waals surface area contributed by atoms with E-state index >= 15 is 0 Å². The molecule has 6 heteroatoms. The van der Waals surface area contributed by atoms with Crippen LogP contribution in [0, 0.1) is 0 Å². The minimum absolute atomic E-state index is 0.503. The smallest absolute Gasteiger partial charge is 0.195 e. The van der Waals surface area contributed by atoms with Crippen LogP contribution in [0.2, 0.25) is 0 Å². The Labute approximate surface area is 124 Å². The van der Waals surface area contributed by atoms with Crippen LogP contribution in [0.5, 0.6) is 0 Å². The second kappa shape index (κ2) is 5.71. The van der Waals surface area contributed by atoms with Crippen molar-refractivity contribution in [2.45, 2.75) is 25.9 Å². The van der Waals surface area contributed by atoms with Crippen molar-refractivity contribution in [1.82, 2.24) is 19.6 Å². The number of hydrogen-bond acceptors (Lipinski definition) is 5. The Hall–Kier alpha value is -1.11. The molecule has 0 spiro atoms. The first kappa shape index (κ1) is 13.9. The second-order valence-corrected chi connectivity index (χ2v) is 6.50. The van der Waals surface area contributed by atoms with Crippen molar-refractivity contribution in [1.29, 1.82) is 0 Å². The van der Waals surface area contributed by atoms with Gasteiger partial charge in [0.2, 0.25) is 0 Å². The van der Waals surface area contributed by atoms with E-state index in [4.69, 9.17) is 4.98 Å². The zero-order valence-electron chi connectivity index (χ0n) is 12.5. The van der Waals surface area contributed by atoms with Gasteiger partial charge in [0.05, 0.1) is 5.69 Å². The quantitative estimate of drug-likeness (QED) is 0.933. The number of hydrogen-bond donors (Lipinski definition) is 1. The Morgan fingerprint density at radius 1 is 1.45 bits per heavy atom. The molecule has 1 fully saturated rings. The number of anilines is 1. The molecule has 0 amide bonds. The molecular formula is C14H23N5S. The van der Waals surface area contributed by atoms with E-state index in [0.29, 0.717) is 6.04 Å². The average Bonchev–Trinajstić information content (AvgIpc) is 2.93. The molecule has 20 heavy (non-hydrogen) atoms. The molecule has 2 aromatic heterocycles. The third-order valence-electron chi connectivity index (χ3n) is 4.00. The number of imidazole rings is 1. The molecule has 1 atom stereocenters. The number of thiazole rings is 1. The monoisotopic (exact) mass is 293 g/mol. The first-order valence-corrected chi connectivity index (χ1v) is 8.13. The Balaban J connectivity index is 1.99. The summed E-state index contributed by atoms with van der Waals surface area (Å²) in [6.45, 7) is 6.52. The van der Waals surface area contributed by atoms with Crippen LogP contribution < -0.4 is 10.2 Å². The fraction of sp³-hybridized carbons (Fsp3) is 0.643. The minimum atomic E-state index is 0.503. The van der Waals surface area contributed by atoms with E-state index in [9.17, 15) is 0 Å².